The number of allylic oxidation sites excluding steroid dienone is 2. The SMILES string of the molecule is CCCC/C=C/C=O.CN.CO.Cc1ccc(NC=O)c(=O)n1Cc1nc2c(F)cnc(CC(C)C)c2[nH]1. The number of carbonyl (C=O) groups excluding carboxylic acids is 2. The lowest BCUT2D eigenvalue weighted by Crippen LogP contribution is -2.25. The van der Waals surface area contributed by atoms with Gasteiger partial charge in [-0.25, -0.2) is 9.37 Å². The Labute approximate surface area is 223 Å². The van der Waals surface area contributed by atoms with Crippen LogP contribution in [-0.2, 0) is 22.6 Å². The van der Waals surface area contributed by atoms with Crippen molar-refractivity contribution in [3.05, 3.63) is 63.9 Å². The van der Waals surface area contributed by atoms with E-state index in [0.29, 0.717) is 35.8 Å². The molecule has 0 aliphatic heterocycles. The van der Waals surface area contributed by atoms with E-state index in [1.54, 1.807) is 25.1 Å². The van der Waals surface area contributed by atoms with Crippen LogP contribution in [0.1, 0.15) is 57.2 Å². The molecule has 3 aromatic heterocycles. The molecule has 0 aliphatic rings. The number of pyridine rings is 2. The third-order valence-corrected chi connectivity index (χ3v) is 5.06. The van der Waals surface area contributed by atoms with E-state index in [2.05, 4.69) is 46.8 Å². The Kier molecular flexibility index (Phi) is 17.5. The number of nitrogens with two attached hydrogens (primary N) is 1. The average Bonchev–Trinajstić information content (AvgIpc) is 3.36. The number of rotatable bonds is 10. The van der Waals surface area contributed by atoms with E-state index in [-0.39, 0.29) is 23.3 Å². The molecule has 0 aliphatic carbocycles. The lowest BCUT2D eigenvalue weighted by atomic mass is 10.1. The molecule has 0 unspecified atom stereocenters. The zero-order valence-electron chi connectivity index (χ0n) is 23.1. The number of fused-ring (bicyclic) bond motifs is 1. The van der Waals surface area contributed by atoms with Crippen LogP contribution in [0.25, 0.3) is 11.0 Å². The van der Waals surface area contributed by atoms with Crippen molar-refractivity contribution in [3.63, 3.8) is 0 Å². The monoisotopic (exact) mass is 532 g/mol. The highest BCUT2D eigenvalue weighted by molar-refractivity contribution is 5.78. The molecule has 1 amide bonds. The molecule has 5 N–H and O–H groups in total. The molecule has 0 bridgehead atoms. The molecule has 3 heterocycles. The second-order valence-electron chi connectivity index (χ2n) is 8.31. The average molecular weight is 533 g/mol. The topological polar surface area (TPSA) is 156 Å². The number of imidazole rings is 1. The number of aliphatic hydroxyl groups excluding tert-OH is 1. The minimum Gasteiger partial charge on any atom is -0.400 e. The first-order valence-corrected chi connectivity index (χ1v) is 12.4. The highest BCUT2D eigenvalue weighted by Gasteiger charge is 2.15. The van der Waals surface area contributed by atoms with Crippen LogP contribution in [0.3, 0.4) is 0 Å². The van der Waals surface area contributed by atoms with Gasteiger partial charge < -0.3 is 25.7 Å². The summed E-state index contributed by atoms with van der Waals surface area (Å²) in [6, 6.07) is 3.27. The van der Waals surface area contributed by atoms with Crippen molar-refractivity contribution < 1.29 is 19.1 Å². The standard InChI is InChI=1S/C18H20FN5O2.C7H12O.CH5N.CH4O/c1-10(2)6-14-17-16(12(19)7-20-14)22-15(23-17)8-24-11(3)4-5-13(18(24)26)21-9-25;1-2-3-4-5-6-7-8;2*1-2/h4-5,7,9-10H,6,8H2,1-3H3,(H,21,25)(H,22,23);5-7H,2-4H2,1H3;2H2,1H3;2H,1H3/b;6-5+;;. The van der Waals surface area contributed by atoms with E-state index in [9.17, 15) is 18.8 Å². The first kappa shape index (κ1) is 34.3. The maximum Gasteiger partial charge on any atom is 0.274 e. The number of aryl methyl sites for hydroxylation is 1. The van der Waals surface area contributed by atoms with E-state index in [4.69, 9.17) is 5.11 Å². The molecule has 3 rings (SSSR count). The molecule has 0 saturated carbocycles. The van der Waals surface area contributed by atoms with Crippen LogP contribution in [0.15, 0.2) is 35.3 Å². The smallest absolute Gasteiger partial charge is 0.274 e. The van der Waals surface area contributed by atoms with Gasteiger partial charge in [0.2, 0.25) is 6.41 Å². The number of nitrogens with one attached hydrogen (secondary N) is 2. The van der Waals surface area contributed by atoms with Crippen LogP contribution < -0.4 is 16.6 Å². The number of nitrogens with zero attached hydrogens (tertiary/aromatic N) is 3. The van der Waals surface area contributed by atoms with Crippen LogP contribution in [0.2, 0.25) is 0 Å². The fraction of sp³-hybridized carbons (Fsp3) is 0.444. The fourth-order valence-electron chi connectivity index (χ4n) is 3.34. The molecule has 38 heavy (non-hydrogen) atoms. The van der Waals surface area contributed by atoms with Crippen molar-refractivity contribution in [2.24, 2.45) is 11.7 Å². The van der Waals surface area contributed by atoms with Crippen molar-refractivity contribution in [1.82, 2.24) is 19.5 Å². The number of hydrogen-bond acceptors (Lipinski definition) is 7. The van der Waals surface area contributed by atoms with Crippen LogP contribution in [-0.4, -0.2) is 51.5 Å². The Bertz CT molecular complexity index is 1200. The van der Waals surface area contributed by atoms with Gasteiger partial charge in [-0.3, -0.25) is 19.4 Å². The molecule has 0 saturated heterocycles. The van der Waals surface area contributed by atoms with Crippen LogP contribution in [0.5, 0.6) is 0 Å². The van der Waals surface area contributed by atoms with Crippen molar-refractivity contribution in [2.45, 2.75) is 59.9 Å². The summed E-state index contributed by atoms with van der Waals surface area (Å²) in [5, 5.41) is 9.38. The minimum atomic E-state index is -0.504. The molecule has 210 valence electrons. The van der Waals surface area contributed by atoms with Gasteiger partial charge in [-0.1, -0.05) is 39.7 Å². The number of hydrogen-bond donors (Lipinski definition) is 4. The first-order chi connectivity index (χ1) is 18.3. The molecule has 3 aromatic rings. The predicted molar refractivity (Wildman–Crippen MR) is 150 cm³/mol. The largest absolute Gasteiger partial charge is 0.400 e. The van der Waals surface area contributed by atoms with Gasteiger partial charge in [0.25, 0.3) is 5.56 Å². The number of anilines is 1. The van der Waals surface area contributed by atoms with Gasteiger partial charge in [0.1, 0.15) is 23.3 Å². The Morgan fingerprint density at radius 2 is 1.92 bits per heavy atom. The molecular formula is C27H41FN6O4. The Balaban J connectivity index is 0.000000970. The predicted octanol–water partition coefficient (Wildman–Crippen LogP) is 3.50. The lowest BCUT2D eigenvalue weighted by Gasteiger charge is -2.10. The summed E-state index contributed by atoms with van der Waals surface area (Å²) in [7, 11) is 2.50. The molecule has 0 radical (unpaired) electrons. The summed E-state index contributed by atoms with van der Waals surface area (Å²) in [5.41, 5.74) is 6.55. The summed E-state index contributed by atoms with van der Waals surface area (Å²) in [4.78, 5) is 44.4. The van der Waals surface area contributed by atoms with Gasteiger partial charge in [-0.05, 0) is 50.9 Å². The molecule has 0 atom stereocenters. The summed E-state index contributed by atoms with van der Waals surface area (Å²) < 4.78 is 15.6. The first-order valence-electron chi connectivity index (χ1n) is 12.4. The van der Waals surface area contributed by atoms with Gasteiger partial charge in [-0.15, -0.1) is 0 Å². The van der Waals surface area contributed by atoms with Gasteiger partial charge in [0, 0.05) is 12.8 Å². The summed E-state index contributed by atoms with van der Waals surface area (Å²) in [6.45, 7) is 8.16. The van der Waals surface area contributed by atoms with E-state index in [0.717, 1.165) is 25.5 Å². The summed E-state index contributed by atoms with van der Waals surface area (Å²) >= 11 is 0. The maximum atomic E-state index is 14.1. The number of aliphatic hydroxyl groups is 1. The molecule has 10 nitrogen and oxygen atoms in total. The highest BCUT2D eigenvalue weighted by Crippen LogP contribution is 2.20. The number of aldehydes is 1. The Hall–Kier alpha value is -3.70. The number of aromatic nitrogens is 4. The zero-order valence-corrected chi connectivity index (χ0v) is 23.1. The summed E-state index contributed by atoms with van der Waals surface area (Å²) in [5.74, 6) is 0.305. The lowest BCUT2D eigenvalue weighted by molar-refractivity contribution is -0.105. The Morgan fingerprint density at radius 3 is 2.50 bits per heavy atom. The number of aromatic amines is 1. The highest BCUT2D eigenvalue weighted by atomic mass is 19.1. The van der Waals surface area contributed by atoms with Crippen LogP contribution >= 0.6 is 0 Å². The van der Waals surface area contributed by atoms with Crippen LogP contribution in [0, 0.1) is 18.7 Å². The quantitative estimate of drug-likeness (QED) is 0.177. The second kappa shape index (κ2) is 19.4. The third kappa shape index (κ3) is 10.7. The fourth-order valence-corrected chi connectivity index (χ4v) is 3.34. The Morgan fingerprint density at radius 1 is 1.24 bits per heavy atom. The van der Waals surface area contributed by atoms with Crippen molar-refractivity contribution in [3.8, 4) is 0 Å². The minimum absolute atomic E-state index is 0.133. The van der Waals surface area contributed by atoms with E-state index in [1.807, 2.05) is 6.08 Å². The molecule has 0 spiro atoms. The van der Waals surface area contributed by atoms with Gasteiger partial charge in [0.15, 0.2) is 5.82 Å². The van der Waals surface area contributed by atoms with E-state index >= 15 is 0 Å². The molecule has 0 fully saturated rings. The molecular weight excluding hydrogens is 491 g/mol. The van der Waals surface area contributed by atoms with E-state index in [1.165, 1.54) is 30.7 Å². The van der Waals surface area contributed by atoms with Crippen molar-refractivity contribution in [2.75, 3.05) is 19.5 Å². The van der Waals surface area contributed by atoms with Gasteiger partial charge in [-0.2, -0.15) is 0 Å². The zero-order chi connectivity index (χ0) is 29.1. The van der Waals surface area contributed by atoms with E-state index < -0.39 is 5.82 Å². The molecule has 11 heteroatoms. The third-order valence-electron chi connectivity index (χ3n) is 5.06. The number of H-pyrrole nitrogens is 1. The summed E-state index contributed by atoms with van der Waals surface area (Å²) in [6.07, 6.45) is 10.0. The number of unbranched alkanes of at least 4 members (excludes halogenated alkanes) is 2. The van der Waals surface area contributed by atoms with Crippen LogP contribution in [0.4, 0.5) is 10.1 Å². The number of halogens is 1. The maximum absolute atomic E-state index is 14.1. The van der Waals surface area contributed by atoms with Crippen molar-refractivity contribution >= 4 is 29.4 Å². The number of carbonyl (C=O) groups is 2. The van der Waals surface area contributed by atoms with Gasteiger partial charge >= 0.3 is 0 Å². The van der Waals surface area contributed by atoms with Crippen molar-refractivity contribution in [1.29, 1.82) is 0 Å². The number of amides is 1. The van der Waals surface area contributed by atoms with Gasteiger partial charge in [0.05, 0.1) is 24.0 Å². The normalized spacial score (nSPS) is 10.2. The molecule has 0 aromatic carbocycles. The second-order valence-corrected chi connectivity index (χ2v) is 8.31.